The molecule has 0 amide bonds. The summed E-state index contributed by atoms with van der Waals surface area (Å²) in [6, 6.07) is 8.39. The smallest absolute Gasteiger partial charge is 0.221 e. The third-order valence-electron chi connectivity index (χ3n) is 4.52. The van der Waals surface area contributed by atoms with Gasteiger partial charge >= 0.3 is 0 Å². The van der Waals surface area contributed by atoms with Crippen LogP contribution in [0, 0.1) is 0 Å². The van der Waals surface area contributed by atoms with Crippen LogP contribution < -0.4 is 0 Å². The van der Waals surface area contributed by atoms with Crippen molar-refractivity contribution in [3.8, 4) is 0 Å². The van der Waals surface area contributed by atoms with Crippen molar-refractivity contribution in [2.45, 2.75) is 25.0 Å². The van der Waals surface area contributed by atoms with E-state index in [4.69, 9.17) is 9.72 Å². The van der Waals surface area contributed by atoms with Crippen LogP contribution in [0.25, 0.3) is 22.1 Å². The van der Waals surface area contributed by atoms with Crippen LogP contribution in [0.15, 0.2) is 29.4 Å². The molecule has 0 aliphatic carbocycles. The molecule has 0 spiro atoms. The van der Waals surface area contributed by atoms with E-state index in [0.29, 0.717) is 0 Å². The number of benzene rings is 1. The maximum atomic E-state index is 5.46. The molecule has 0 radical (unpaired) electrons. The molecule has 0 bridgehead atoms. The summed E-state index contributed by atoms with van der Waals surface area (Å²) in [5.41, 5.74) is 3.02. The van der Waals surface area contributed by atoms with Gasteiger partial charge in [-0.25, -0.2) is 4.98 Å². The Bertz CT molecular complexity index is 879. The standard InChI is InChI=1S/C18H23N5OS2/c1-2-13-25-26-18-19-17-16(20-21-18)14-5-3-4-6-15(14)23(17)8-7-22-9-11-24-12-10-22/h3-6H,2,7-13H2,1H3. The maximum Gasteiger partial charge on any atom is 0.221 e. The van der Waals surface area contributed by atoms with Gasteiger partial charge in [0, 0.05) is 37.3 Å². The molecule has 6 nitrogen and oxygen atoms in total. The fourth-order valence-corrected chi connectivity index (χ4v) is 5.03. The average Bonchev–Trinajstić information content (AvgIpc) is 3.00. The number of para-hydroxylation sites is 1. The van der Waals surface area contributed by atoms with E-state index in [0.717, 1.165) is 73.3 Å². The molecule has 1 aliphatic rings. The molecule has 1 fully saturated rings. The van der Waals surface area contributed by atoms with Crippen molar-refractivity contribution in [3.63, 3.8) is 0 Å². The fraction of sp³-hybridized carbons (Fsp3) is 0.500. The number of nitrogens with zero attached hydrogens (tertiary/aromatic N) is 5. The number of fused-ring (bicyclic) bond motifs is 3. The monoisotopic (exact) mass is 389 g/mol. The van der Waals surface area contributed by atoms with E-state index in [1.54, 1.807) is 21.6 Å². The lowest BCUT2D eigenvalue weighted by Crippen LogP contribution is -2.38. The summed E-state index contributed by atoms with van der Waals surface area (Å²) in [6.45, 7) is 7.72. The highest BCUT2D eigenvalue weighted by atomic mass is 33.1. The summed E-state index contributed by atoms with van der Waals surface area (Å²) >= 11 is 0. The number of morpholine rings is 1. The summed E-state index contributed by atoms with van der Waals surface area (Å²) in [5.74, 6) is 1.09. The Morgan fingerprint density at radius 1 is 1.12 bits per heavy atom. The first-order valence-corrected chi connectivity index (χ1v) is 11.4. The van der Waals surface area contributed by atoms with Crippen LogP contribution in [0.5, 0.6) is 0 Å². The molecule has 1 aliphatic heterocycles. The van der Waals surface area contributed by atoms with Gasteiger partial charge in [0.2, 0.25) is 5.16 Å². The predicted molar refractivity (Wildman–Crippen MR) is 109 cm³/mol. The lowest BCUT2D eigenvalue weighted by atomic mass is 10.2. The topological polar surface area (TPSA) is 56.1 Å². The maximum absolute atomic E-state index is 5.46. The molecule has 4 rings (SSSR count). The summed E-state index contributed by atoms with van der Waals surface area (Å²) in [4.78, 5) is 7.29. The average molecular weight is 390 g/mol. The van der Waals surface area contributed by atoms with E-state index in [2.05, 4.69) is 50.9 Å². The minimum atomic E-state index is 0.742. The molecule has 1 saturated heterocycles. The van der Waals surface area contributed by atoms with Crippen molar-refractivity contribution in [1.29, 1.82) is 0 Å². The first-order chi connectivity index (χ1) is 12.9. The number of ether oxygens (including phenoxy) is 1. The molecule has 1 aromatic carbocycles. The van der Waals surface area contributed by atoms with E-state index < -0.39 is 0 Å². The zero-order chi connectivity index (χ0) is 17.8. The van der Waals surface area contributed by atoms with Gasteiger partial charge < -0.3 is 9.30 Å². The van der Waals surface area contributed by atoms with Gasteiger partial charge in [0.05, 0.1) is 18.7 Å². The summed E-state index contributed by atoms with van der Waals surface area (Å²) in [6.07, 6.45) is 1.15. The van der Waals surface area contributed by atoms with Gasteiger partial charge in [-0.15, -0.1) is 10.2 Å². The molecular weight excluding hydrogens is 366 g/mol. The third kappa shape index (κ3) is 3.83. The summed E-state index contributed by atoms with van der Waals surface area (Å²) in [7, 11) is 3.40. The second kappa shape index (κ2) is 8.56. The zero-order valence-corrected chi connectivity index (χ0v) is 16.6. The van der Waals surface area contributed by atoms with Crippen molar-refractivity contribution in [1.82, 2.24) is 24.6 Å². The van der Waals surface area contributed by atoms with Crippen LogP contribution in [0.1, 0.15) is 13.3 Å². The summed E-state index contributed by atoms with van der Waals surface area (Å²) < 4.78 is 7.75. The molecule has 3 heterocycles. The largest absolute Gasteiger partial charge is 0.379 e. The minimum absolute atomic E-state index is 0.742. The molecule has 0 atom stereocenters. The fourth-order valence-electron chi connectivity index (χ4n) is 3.19. The van der Waals surface area contributed by atoms with Crippen molar-refractivity contribution < 1.29 is 4.74 Å². The Morgan fingerprint density at radius 2 is 1.96 bits per heavy atom. The number of aromatic nitrogens is 4. The van der Waals surface area contributed by atoms with Gasteiger partial charge in [0.25, 0.3) is 0 Å². The lowest BCUT2D eigenvalue weighted by molar-refractivity contribution is 0.0366. The molecule has 0 unspecified atom stereocenters. The lowest BCUT2D eigenvalue weighted by Gasteiger charge is -2.26. The van der Waals surface area contributed by atoms with E-state index >= 15 is 0 Å². The number of hydrogen-bond donors (Lipinski definition) is 0. The second-order valence-electron chi connectivity index (χ2n) is 6.29. The Hall–Kier alpha value is -1.35. The Balaban J connectivity index is 1.66. The van der Waals surface area contributed by atoms with Crippen molar-refractivity contribution >= 4 is 43.7 Å². The number of rotatable bonds is 7. The van der Waals surface area contributed by atoms with E-state index in [1.165, 1.54) is 5.52 Å². The minimum Gasteiger partial charge on any atom is -0.379 e. The molecule has 0 N–H and O–H groups in total. The van der Waals surface area contributed by atoms with E-state index in [1.807, 2.05) is 0 Å². The Morgan fingerprint density at radius 3 is 2.81 bits per heavy atom. The van der Waals surface area contributed by atoms with Gasteiger partial charge in [-0.3, -0.25) is 4.90 Å². The van der Waals surface area contributed by atoms with Crippen LogP contribution in [0.3, 0.4) is 0 Å². The SMILES string of the molecule is CCCSSc1nnc2c3ccccc3n(CCN3CCOCC3)c2n1. The van der Waals surface area contributed by atoms with E-state index in [9.17, 15) is 0 Å². The van der Waals surface area contributed by atoms with Crippen LogP contribution in [-0.2, 0) is 11.3 Å². The molecule has 0 saturated carbocycles. The quantitative estimate of drug-likeness (QED) is 0.453. The third-order valence-corrected chi connectivity index (χ3v) is 6.83. The van der Waals surface area contributed by atoms with Gasteiger partial charge in [0.1, 0.15) is 5.52 Å². The van der Waals surface area contributed by atoms with Crippen LogP contribution in [0.2, 0.25) is 0 Å². The van der Waals surface area contributed by atoms with Crippen LogP contribution in [-0.4, -0.2) is 63.2 Å². The molecule has 8 heteroatoms. The zero-order valence-electron chi connectivity index (χ0n) is 14.9. The van der Waals surface area contributed by atoms with Gasteiger partial charge in [-0.05, 0) is 23.3 Å². The van der Waals surface area contributed by atoms with Crippen molar-refractivity contribution in [2.75, 3.05) is 38.6 Å². The highest BCUT2D eigenvalue weighted by molar-refractivity contribution is 8.76. The van der Waals surface area contributed by atoms with Gasteiger partial charge in [-0.1, -0.05) is 35.9 Å². The highest BCUT2D eigenvalue weighted by Crippen LogP contribution is 2.31. The normalized spacial score (nSPS) is 15.9. The van der Waals surface area contributed by atoms with Gasteiger partial charge in [0.15, 0.2) is 5.65 Å². The Labute approximate surface area is 161 Å². The first kappa shape index (κ1) is 18.0. The molecule has 26 heavy (non-hydrogen) atoms. The molecule has 3 aromatic rings. The van der Waals surface area contributed by atoms with E-state index in [-0.39, 0.29) is 0 Å². The van der Waals surface area contributed by atoms with Crippen molar-refractivity contribution in [3.05, 3.63) is 24.3 Å². The van der Waals surface area contributed by atoms with Crippen LogP contribution >= 0.6 is 21.6 Å². The number of hydrogen-bond acceptors (Lipinski definition) is 7. The Kier molecular flexibility index (Phi) is 5.94. The highest BCUT2D eigenvalue weighted by Gasteiger charge is 2.16. The molecule has 138 valence electrons. The summed E-state index contributed by atoms with van der Waals surface area (Å²) in [5, 5.41) is 10.7. The molecular formula is C18H23N5OS2. The van der Waals surface area contributed by atoms with Crippen molar-refractivity contribution in [2.24, 2.45) is 0 Å². The van der Waals surface area contributed by atoms with Gasteiger partial charge in [-0.2, -0.15) is 0 Å². The van der Waals surface area contributed by atoms with Crippen LogP contribution in [0.4, 0.5) is 0 Å². The first-order valence-electron chi connectivity index (χ1n) is 9.08. The second-order valence-corrected chi connectivity index (χ2v) is 8.68. The molecule has 2 aromatic heterocycles. The predicted octanol–water partition coefficient (Wildman–Crippen LogP) is 3.46.